The molecule has 0 radical (unpaired) electrons. The van der Waals surface area contributed by atoms with Gasteiger partial charge < -0.3 is 19.7 Å². The summed E-state index contributed by atoms with van der Waals surface area (Å²) in [7, 11) is 0. The molecule has 0 aliphatic rings. The molecule has 0 saturated heterocycles. The minimum atomic E-state index is -0.623. The van der Waals surface area contributed by atoms with Crippen molar-refractivity contribution in [1.82, 2.24) is 0 Å². The molecule has 30 heavy (non-hydrogen) atoms. The molecule has 0 fully saturated rings. The summed E-state index contributed by atoms with van der Waals surface area (Å²) in [4.78, 5) is 12.8. The molecular weight excluding hydrogens is 382 g/mol. The summed E-state index contributed by atoms with van der Waals surface area (Å²) in [5.41, 5.74) is 1.36. The smallest absolute Gasteiger partial charge is 0.412 e. The molecule has 3 rings (SSSR count). The van der Waals surface area contributed by atoms with Crippen molar-refractivity contribution in [2.24, 2.45) is 5.92 Å². The molecule has 3 N–H and O–H groups in total. The number of para-hydroxylation sites is 1. The highest BCUT2D eigenvalue weighted by Gasteiger charge is 2.26. The van der Waals surface area contributed by atoms with Crippen molar-refractivity contribution in [3.05, 3.63) is 72.3 Å². The predicted octanol–water partition coefficient (Wildman–Crippen LogP) is 4.52. The van der Waals surface area contributed by atoms with Crippen LogP contribution in [-0.4, -0.2) is 36.1 Å². The first-order valence-electron chi connectivity index (χ1n) is 10.0. The number of fused-ring (bicyclic) bond motifs is 1. The van der Waals surface area contributed by atoms with Gasteiger partial charge in [0, 0.05) is 17.6 Å². The molecular formula is C24H27NO5. The molecule has 1 amide bonds. The third-order valence-electron chi connectivity index (χ3n) is 4.94. The van der Waals surface area contributed by atoms with E-state index in [9.17, 15) is 9.90 Å². The number of nitrogens with one attached hydrogen (secondary N) is 1. The minimum absolute atomic E-state index is 0.0222. The molecule has 0 aliphatic carbocycles. The summed E-state index contributed by atoms with van der Waals surface area (Å²) >= 11 is 0. The highest BCUT2D eigenvalue weighted by Crippen LogP contribution is 2.35. The van der Waals surface area contributed by atoms with Gasteiger partial charge in [-0.25, -0.2) is 4.79 Å². The Balaban J connectivity index is 1.84. The fourth-order valence-electron chi connectivity index (χ4n) is 3.43. The van der Waals surface area contributed by atoms with Gasteiger partial charge in [-0.3, -0.25) is 5.32 Å². The van der Waals surface area contributed by atoms with Crippen molar-refractivity contribution in [2.45, 2.75) is 19.4 Å². The lowest BCUT2D eigenvalue weighted by molar-refractivity contribution is 0.0642. The molecule has 0 saturated carbocycles. The SMILES string of the molecule is C[C@H](CCO)[C@@H](OC(=O)Nc1cccc2ccccc12)c1ccccc1OCCO. The summed E-state index contributed by atoms with van der Waals surface area (Å²) in [6.45, 7) is 1.91. The average Bonchev–Trinajstić information content (AvgIpc) is 2.77. The number of hydrogen-bond acceptors (Lipinski definition) is 5. The molecule has 0 spiro atoms. The fraction of sp³-hybridized carbons (Fsp3) is 0.292. The topological polar surface area (TPSA) is 88.0 Å². The highest BCUT2D eigenvalue weighted by molar-refractivity contribution is 6.00. The van der Waals surface area contributed by atoms with Crippen LogP contribution in [0.3, 0.4) is 0 Å². The van der Waals surface area contributed by atoms with Gasteiger partial charge in [0.25, 0.3) is 0 Å². The van der Waals surface area contributed by atoms with E-state index in [1.807, 2.05) is 67.6 Å². The molecule has 0 aliphatic heterocycles. The zero-order valence-electron chi connectivity index (χ0n) is 17.0. The third kappa shape index (κ3) is 5.28. The van der Waals surface area contributed by atoms with E-state index in [0.29, 0.717) is 23.4 Å². The Bertz CT molecular complexity index is 969. The maximum absolute atomic E-state index is 12.8. The monoisotopic (exact) mass is 409 g/mol. The van der Waals surface area contributed by atoms with Crippen LogP contribution in [0.15, 0.2) is 66.7 Å². The number of aliphatic hydroxyl groups is 2. The lowest BCUT2D eigenvalue weighted by Gasteiger charge is -2.26. The number of aliphatic hydroxyl groups excluding tert-OH is 2. The number of ether oxygens (including phenoxy) is 2. The second-order valence-electron chi connectivity index (χ2n) is 7.08. The van der Waals surface area contributed by atoms with Crippen molar-refractivity contribution in [1.29, 1.82) is 0 Å². The van der Waals surface area contributed by atoms with Crippen molar-refractivity contribution in [3.8, 4) is 5.75 Å². The number of rotatable bonds is 9. The van der Waals surface area contributed by atoms with Gasteiger partial charge in [-0.05, 0) is 29.9 Å². The normalized spacial score (nSPS) is 12.9. The summed E-state index contributed by atoms with van der Waals surface area (Å²) in [6, 6.07) is 20.7. The minimum Gasteiger partial charge on any atom is -0.491 e. The summed E-state index contributed by atoms with van der Waals surface area (Å²) in [5, 5.41) is 23.3. The molecule has 3 aromatic rings. The van der Waals surface area contributed by atoms with Gasteiger partial charge >= 0.3 is 6.09 Å². The van der Waals surface area contributed by atoms with Crippen LogP contribution in [0.25, 0.3) is 10.8 Å². The van der Waals surface area contributed by atoms with Gasteiger partial charge in [0.05, 0.1) is 12.3 Å². The van der Waals surface area contributed by atoms with Crippen LogP contribution in [0.5, 0.6) is 5.75 Å². The van der Waals surface area contributed by atoms with Gasteiger partial charge in [0.2, 0.25) is 0 Å². The van der Waals surface area contributed by atoms with Gasteiger partial charge in [-0.2, -0.15) is 0 Å². The van der Waals surface area contributed by atoms with Gasteiger partial charge in [0.15, 0.2) is 0 Å². The fourth-order valence-corrected chi connectivity index (χ4v) is 3.43. The van der Waals surface area contributed by atoms with E-state index in [4.69, 9.17) is 14.6 Å². The first kappa shape index (κ1) is 21.6. The average molecular weight is 409 g/mol. The van der Waals surface area contributed by atoms with Crippen LogP contribution in [0.2, 0.25) is 0 Å². The summed E-state index contributed by atoms with van der Waals surface area (Å²) in [5.74, 6) is 0.395. The van der Waals surface area contributed by atoms with E-state index in [-0.39, 0.29) is 25.7 Å². The zero-order valence-corrected chi connectivity index (χ0v) is 17.0. The molecule has 2 atom stereocenters. The molecule has 0 bridgehead atoms. The van der Waals surface area contributed by atoms with Crippen molar-refractivity contribution in [3.63, 3.8) is 0 Å². The first-order valence-corrected chi connectivity index (χ1v) is 10.0. The molecule has 0 heterocycles. The molecule has 3 aromatic carbocycles. The third-order valence-corrected chi connectivity index (χ3v) is 4.94. The van der Waals surface area contributed by atoms with Gasteiger partial charge in [0.1, 0.15) is 18.5 Å². The first-order chi connectivity index (χ1) is 14.6. The van der Waals surface area contributed by atoms with Crippen molar-refractivity contribution < 1.29 is 24.5 Å². The molecule has 158 valence electrons. The van der Waals surface area contributed by atoms with Crippen LogP contribution < -0.4 is 10.1 Å². The Hall–Kier alpha value is -3.09. The molecule has 6 nitrogen and oxygen atoms in total. The lowest BCUT2D eigenvalue weighted by atomic mass is 9.94. The van der Waals surface area contributed by atoms with Crippen LogP contribution >= 0.6 is 0 Å². The maximum atomic E-state index is 12.8. The zero-order chi connectivity index (χ0) is 21.3. The number of carbonyl (C=O) groups excluding carboxylic acids is 1. The standard InChI is InChI=1S/C24H27NO5/c1-17(13-14-26)23(20-10-4-5-12-22(20)29-16-15-27)30-24(28)25-21-11-6-8-18-7-2-3-9-19(18)21/h2-12,17,23,26-27H,13-16H2,1H3,(H,25,28)/t17-,23-/m1/s1. The number of carbonyl (C=O) groups is 1. The summed E-state index contributed by atoms with van der Waals surface area (Å²) < 4.78 is 11.4. The van der Waals surface area contributed by atoms with Crippen molar-refractivity contribution >= 4 is 22.6 Å². The molecule has 6 heteroatoms. The van der Waals surface area contributed by atoms with E-state index >= 15 is 0 Å². The largest absolute Gasteiger partial charge is 0.491 e. The Morgan fingerprint density at radius 1 is 0.967 bits per heavy atom. The number of amides is 1. The second-order valence-corrected chi connectivity index (χ2v) is 7.08. The van der Waals surface area contributed by atoms with Gasteiger partial charge in [-0.1, -0.05) is 61.5 Å². The number of benzene rings is 3. The second kappa shape index (κ2) is 10.6. The van der Waals surface area contributed by atoms with Gasteiger partial charge in [-0.15, -0.1) is 0 Å². The van der Waals surface area contributed by atoms with Crippen LogP contribution in [0, 0.1) is 5.92 Å². The Morgan fingerprint density at radius 3 is 2.50 bits per heavy atom. The predicted molar refractivity (Wildman–Crippen MR) is 117 cm³/mol. The van der Waals surface area contributed by atoms with Crippen LogP contribution in [0.4, 0.5) is 10.5 Å². The Labute approximate surface area is 176 Å². The number of hydrogen-bond donors (Lipinski definition) is 3. The highest BCUT2D eigenvalue weighted by atomic mass is 16.6. The maximum Gasteiger partial charge on any atom is 0.412 e. The number of anilines is 1. The van der Waals surface area contributed by atoms with E-state index in [2.05, 4.69) is 5.32 Å². The van der Waals surface area contributed by atoms with Crippen LogP contribution in [-0.2, 0) is 4.74 Å². The van der Waals surface area contributed by atoms with E-state index in [1.165, 1.54) is 0 Å². The van der Waals surface area contributed by atoms with Crippen LogP contribution in [0.1, 0.15) is 25.0 Å². The Morgan fingerprint density at radius 2 is 1.70 bits per heavy atom. The van der Waals surface area contributed by atoms with E-state index < -0.39 is 12.2 Å². The Kier molecular flexibility index (Phi) is 7.65. The quantitative estimate of drug-likeness (QED) is 0.484. The van der Waals surface area contributed by atoms with E-state index in [1.54, 1.807) is 6.07 Å². The molecule has 0 unspecified atom stereocenters. The lowest BCUT2D eigenvalue weighted by Crippen LogP contribution is -2.23. The van der Waals surface area contributed by atoms with Crippen molar-refractivity contribution in [2.75, 3.05) is 25.1 Å². The molecule has 0 aromatic heterocycles. The van der Waals surface area contributed by atoms with E-state index in [0.717, 1.165) is 10.8 Å². The summed E-state index contributed by atoms with van der Waals surface area (Å²) in [6.07, 6.45) is -0.749.